The molecular formula is C18H23FN4O. The van der Waals surface area contributed by atoms with E-state index in [0.29, 0.717) is 11.6 Å². The number of nitrogens with zero attached hydrogens (tertiary/aromatic N) is 4. The second kappa shape index (κ2) is 6.71. The van der Waals surface area contributed by atoms with Crippen molar-refractivity contribution in [2.45, 2.75) is 45.4 Å². The maximum atomic E-state index is 13.4. The van der Waals surface area contributed by atoms with Crippen LogP contribution in [0.1, 0.15) is 51.1 Å². The van der Waals surface area contributed by atoms with E-state index >= 15 is 0 Å². The SMILES string of the molecule is CCC(CC)C(=O)N(C)c1cn(-c2cncc(F)c2)nc1C1CC1. The van der Waals surface area contributed by atoms with E-state index < -0.39 is 5.82 Å². The molecule has 1 amide bonds. The molecule has 1 saturated carbocycles. The Hall–Kier alpha value is -2.24. The fraction of sp³-hybridized carbons (Fsp3) is 0.500. The van der Waals surface area contributed by atoms with Crippen LogP contribution in [0.3, 0.4) is 0 Å². The molecule has 0 spiro atoms. The highest BCUT2D eigenvalue weighted by molar-refractivity contribution is 5.95. The standard InChI is InChI=1S/C18H23FN4O/c1-4-12(5-2)18(24)22(3)16-11-23(21-17(16)13-6-7-13)15-8-14(19)9-20-10-15/h8-13H,4-7H2,1-3H3. The minimum atomic E-state index is -0.404. The molecule has 1 fully saturated rings. The second-order valence-electron chi connectivity index (χ2n) is 6.39. The molecule has 2 aromatic rings. The topological polar surface area (TPSA) is 51.0 Å². The molecule has 6 heteroatoms. The molecule has 0 atom stereocenters. The van der Waals surface area contributed by atoms with Crippen molar-refractivity contribution < 1.29 is 9.18 Å². The molecule has 1 aliphatic carbocycles. The van der Waals surface area contributed by atoms with Crippen LogP contribution in [0.5, 0.6) is 0 Å². The smallest absolute Gasteiger partial charge is 0.229 e. The number of anilines is 1. The number of halogens is 1. The molecule has 3 rings (SSSR count). The lowest BCUT2D eigenvalue weighted by Gasteiger charge is -2.22. The van der Waals surface area contributed by atoms with Crippen molar-refractivity contribution in [1.29, 1.82) is 0 Å². The van der Waals surface area contributed by atoms with Crippen molar-refractivity contribution in [3.8, 4) is 5.69 Å². The quantitative estimate of drug-likeness (QED) is 0.812. The second-order valence-corrected chi connectivity index (χ2v) is 6.39. The molecule has 1 aliphatic rings. The summed E-state index contributed by atoms with van der Waals surface area (Å²) in [6.45, 7) is 4.06. The highest BCUT2D eigenvalue weighted by Crippen LogP contribution is 2.44. The first-order valence-electron chi connectivity index (χ1n) is 8.53. The van der Waals surface area contributed by atoms with Gasteiger partial charge < -0.3 is 4.90 Å². The maximum absolute atomic E-state index is 13.4. The third-order valence-corrected chi connectivity index (χ3v) is 4.67. The van der Waals surface area contributed by atoms with E-state index in [2.05, 4.69) is 10.1 Å². The number of amides is 1. The summed E-state index contributed by atoms with van der Waals surface area (Å²) in [5.74, 6) is 0.110. The normalized spacial score (nSPS) is 14.2. The number of carbonyl (C=O) groups is 1. The average molecular weight is 330 g/mol. The fourth-order valence-corrected chi connectivity index (χ4v) is 2.97. The van der Waals surface area contributed by atoms with Crippen LogP contribution in [0, 0.1) is 11.7 Å². The zero-order valence-corrected chi connectivity index (χ0v) is 14.4. The van der Waals surface area contributed by atoms with Crippen molar-refractivity contribution in [2.75, 3.05) is 11.9 Å². The summed E-state index contributed by atoms with van der Waals surface area (Å²) in [6, 6.07) is 1.39. The van der Waals surface area contributed by atoms with Gasteiger partial charge in [0.1, 0.15) is 5.82 Å². The first kappa shape index (κ1) is 16.6. The van der Waals surface area contributed by atoms with Gasteiger partial charge in [0.2, 0.25) is 5.91 Å². The van der Waals surface area contributed by atoms with Gasteiger partial charge in [0.15, 0.2) is 0 Å². The summed E-state index contributed by atoms with van der Waals surface area (Å²) in [5, 5.41) is 4.61. The summed E-state index contributed by atoms with van der Waals surface area (Å²) in [6.07, 6.45) is 8.35. The van der Waals surface area contributed by atoms with Crippen LogP contribution >= 0.6 is 0 Å². The summed E-state index contributed by atoms with van der Waals surface area (Å²) < 4.78 is 15.1. The maximum Gasteiger partial charge on any atom is 0.229 e. The van der Waals surface area contributed by atoms with Crippen LogP contribution in [0.2, 0.25) is 0 Å². The van der Waals surface area contributed by atoms with Crippen molar-refractivity contribution in [1.82, 2.24) is 14.8 Å². The molecule has 5 nitrogen and oxygen atoms in total. The molecule has 0 aliphatic heterocycles. The van der Waals surface area contributed by atoms with Gasteiger partial charge in [-0.05, 0) is 25.7 Å². The van der Waals surface area contributed by atoms with Crippen molar-refractivity contribution in [2.24, 2.45) is 5.92 Å². The summed E-state index contributed by atoms with van der Waals surface area (Å²) in [7, 11) is 1.80. The monoisotopic (exact) mass is 330 g/mol. The molecule has 2 heterocycles. The Morgan fingerprint density at radius 2 is 2.08 bits per heavy atom. The minimum absolute atomic E-state index is 0.0150. The van der Waals surface area contributed by atoms with E-state index in [1.165, 1.54) is 12.3 Å². The van der Waals surface area contributed by atoms with Gasteiger partial charge in [0.05, 0.1) is 35.7 Å². The number of pyridine rings is 1. The van der Waals surface area contributed by atoms with Gasteiger partial charge >= 0.3 is 0 Å². The molecule has 0 bridgehead atoms. The molecule has 0 radical (unpaired) electrons. The lowest BCUT2D eigenvalue weighted by Crippen LogP contribution is -2.32. The Bertz CT molecular complexity index is 734. The Kier molecular flexibility index (Phi) is 4.64. The van der Waals surface area contributed by atoms with Gasteiger partial charge in [-0.1, -0.05) is 13.8 Å². The largest absolute Gasteiger partial charge is 0.312 e. The first-order chi connectivity index (χ1) is 11.5. The van der Waals surface area contributed by atoms with Crippen molar-refractivity contribution in [3.63, 3.8) is 0 Å². The van der Waals surface area contributed by atoms with E-state index in [-0.39, 0.29) is 11.8 Å². The molecule has 0 aromatic carbocycles. The fourth-order valence-electron chi connectivity index (χ4n) is 2.97. The van der Waals surface area contributed by atoms with Crippen LogP contribution < -0.4 is 4.90 Å². The molecule has 128 valence electrons. The van der Waals surface area contributed by atoms with Gasteiger partial charge in [-0.15, -0.1) is 0 Å². The number of rotatable bonds is 6. The van der Waals surface area contributed by atoms with E-state index in [1.54, 1.807) is 22.8 Å². The van der Waals surface area contributed by atoms with E-state index in [1.807, 2.05) is 20.0 Å². The molecular weight excluding hydrogens is 307 g/mol. The number of aromatic nitrogens is 3. The summed E-state index contributed by atoms with van der Waals surface area (Å²) >= 11 is 0. The summed E-state index contributed by atoms with van der Waals surface area (Å²) in [5.41, 5.74) is 2.30. The van der Waals surface area contributed by atoms with E-state index in [0.717, 1.165) is 37.1 Å². The van der Waals surface area contributed by atoms with Crippen molar-refractivity contribution in [3.05, 3.63) is 36.2 Å². The number of hydrogen-bond donors (Lipinski definition) is 0. The first-order valence-corrected chi connectivity index (χ1v) is 8.53. The third-order valence-electron chi connectivity index (χ3n) is 4.67. The van der Waals surface area contributed by atoms with Crippen LogP contribution in [0.15, 0.2) is 24.7 Å². The molecule has 24 heavy (non-hydrogen) atoms. The minimum Gasteiger partial charge on any atom is -0.312 e. The molecule has 0 N–H and O–H groups in total. The Morgan fingerprint density at radius 1 is 1.38 bits per heavy atom. The Labute approximate surface area is 141 Å². The number of carbonyl (C=O) groups excluding carboxylic acids is 1. The highest BCUT2D eigenvalue weighted by atomic mass is 19.1. The average Bonchev–Trinajstić information content (AvgIpc) is 3.33. The van der Waals surface area contributed by atoms with Crippen LogP contribution in [-0.4, -0.2) is 27.7 Å². The van der Waals surface area contributed by atoms with Gasteiger partial charge in [0, 0.05) is 24.9 Å². The number of hydrogen-bond acceptors (Lipinski definition) is 3. The summed E-state index contributed by atoms with van der Waals surface area (Å²) in [4.78, 5) is 18.3. The van der Waals surface area contributed by atoms with Gasteiger partial charge in [-0.3, -0.25) is 9.78 Å². The van der Waals surface area contributed by atoms with Crippen LogP contribution in [-0.2, 0) is 4.79 Å². The van der Waals surface area contributed by atoms with Crippen LogP contribution in [0.25, 0.3) is 5.69 Å². The molecule has 0 saturated heterocycles. The highest BCUT2D eigenvalue weighted by Gasteiger charge is 2.33. The van der Waals surface area contributed by atoms with E-state index in [4.69, 9.17) is 0 Å². The molecule has 0 unspecified atom stereocenters. The van der Waals surface area contributed by atoms with Crippen molar-refractivity contribution >= 4 is 11.6 Å². The predicted octanol–water partition coefficient (Wildman–Crippen LogP) is 3.68. The predicted molar refractivity (Wildman–Crippen MR) is 90.8 cm³/mol. The third kappa shape index (κ3) is 3.18. The lowest BCUT2D eigenvalue weighted by atomic mass is 10.0. The Morgan fingerprint density at radius 3 is 2.67 bits per heavy atom. The zero-order chi connectivity index (χ0) is 17.3. The van der Waals surface area contributed by atoms with Gasteiger partial charge in [0.25, 0.3) is 0 Å². The van der Waals surface area contributed by atoms with Gasteiger partial charge in [-0.2, -0.15) is 5.10 Å². The van der Waals surface area contributed by atoms with Crippen LogP contribution in [0.4, 0.5) is 10.1 Å². The lowest BCUT2D eigenvalue weighted by molar-refractivity contribution is -0.122. The Balaban J connectivity index is 1.96. The van der Waals surface area contributed by atoms with E-state index in [9.17, 15) is 9.18 Å². The zero-order valence-electron chi connectivity index (χ0n) is 14.4. The molecule has 2 aromatic heterocycles. The van der Waals surface area contributed by atoms with Gasteiger partial charge in [-0.25, -0.2) is 9.07 Å².